The number of aryl methyl sites for hydroxylation is 2. The van der Waals surface area contributed by atoms with Gasteiger partial charge in [-0.15, -0.1) is 0 Å². The molecule has 2 atom stereocenters. The summed E-state index contributed by atoms with van der Waals surface area (Å²) in [5.74, 6) is 0.778. The highest BCUT2D eigenvalue weighted by Gasteiger charge is 2.50. The van der Waals surface area contributed by atoms with Crippen LogP contribution in [0.3, 0.4) is 0 Å². The summed E-state index contributed by atoms with van der Waals surface area (Å²) >= 11 is 0. The summed E-state index contributed by atoms with van der Waals surface area (Å²) < 4.78 is 74.3. The number of hydrogen-bond donors (Lipinski definition) is 0. The largest absolute Gasteiger partial charge is 0.493 e. The number of fused-ring (bicyclic) bond motifs is 1. The SMILES string of the molecule is CC1=NC(CCc2ccc(OCCCC3CCCc4ccccc43)c(C(F)(F)F)c2)(COP(=O)(C(C)(C)C)C(C)(C)C)CO1. The van der Waals surface area contributed by atoms with E-state index in [4.69, 9.17) is 19.0 Å². The van der Waals surface area contributed by atoms with E-state index in [9.17, 15) is 17.7 Å². The molecule has 9 heteroatoms. The van der Waals surface area contributed by atoms with Gasteiger partial charge in [0.25, 0.3) is 0 Å². The zero-order valence-corrected chi connectivity index (χ0v) is 28.2. The third-order valence-corrected chi connectivity index (χ3v) is 12.9. The zero-order chi connectivity index (χ0) is 32.4. The molecule has 2 aromatic rings. The van der Waals surface area contributed by atoms with Crippen molar-refractivity contribution >= 4 is 13.3 Å². The van der Waals surface area contributed by atoms with Crippen molar-refractivity contribution in [3.63, 3.8) is 0 Å². The first-order chi connectivity index (χ1) is 20.4. The topological polar surface area (TPSA) is 57.1 Å². The maximum absolute atomic E-state index is 14.2. The van der Waals surface area contributed by atoms with E-state index >= 15 is 0 Å². The normalized spacial score (nSPS) is 21.0. The van der Waals surface area contributed by atoms with E-state index in [1.807, 2.05) is 41.5 Å². The zero-order valence-electron chi connectivity index (χ0n) is 27.4. The van der Waals surface area contributed by atoms with Gasteiger partial charge in [-0.3, -0.25) is 4.57 Å². The van der Waals surface area contributed by atoms with E-state index < -0.39 is 35.0 Å². The summed E-state index contributed by atoms with van der Waals surface area (Å²) in [5.41, 5.74) is 1.68. The fourth-order valence-electron chi connectivity index (χ4n) is 6.64. The van der Waals surface area contributed by atoms with Crippen LogP contribution in [0.5, 0.6) is 5.75 Å². The van der Waals surface area contributed by atoms with Crippen molar-refractivity contribution in [1.29, 1.82) is 0 Å². The third-order valence-electron chi connectivity index (χ3n) is 8.90. The Hall–Kier alpha value is -2.31. The van der Waals surface area contributed by atoms with Crippen molar-refractivity contribution in [2.45, 2.75) is 121 Å². The average molecular weight is 636 g/mol. The molecule has 0 spiro atoms. The second kappa shape index (κ2) is 13.2. The van der Waals surface area contributed by atoms with Gasteiger partial charge in [-0.1, -0.05) is 71.9 Å². The van der Waals surface area contributed by atoms with Crippen LogP contribution in [0.2, 0.25) is 0 Å². The van der Waals surface area contributed by atoms with Gasteiger partial charge in [0, 0.05) is 17.2 Å². The fourth-order valence-corrected chi connectivity index (χ4v) is 9.85. The molecular formula is C35H49F3NO4P. The molecule has 0 aromatic heterocycles. The van der Waals surface area contributed by atoms with Crippen LogP contribution >= 0.6 is 7.37 Å². The lowest BCUT2D eigenvalue weighted by Crippen LogP contribution is -2.38. The molecule has 1 heterocycles. The highest BCUT2D eigenvalue weighted by atomic mass is 31.2. The second-order valence-electron chi connectivity index (χ2n) is 14.4. The minimum absolute atomic E-state index is 0.0644. The highest BCUT2D eigenvalue weighted by Crippen LogP contribution is 2.68. The molecule has 244 valence electrons. The third kappa shape index (κ3) is 7.91. The van der Waals surface area contributed by atoms with Crippen molar-refractivity contribution in [3.8, 4) is 5.75 Å². The Kier molecular flexibility index (Phi) is 10.4. The second-order valence-corrected chi connectivity index (χ2v) is 18.5. The van der Waals surface area contributed by atoms with Gasteiger partial charge < -0.3 is 14.0 Å². The van der Waals surface area contributed by atoms with Gasteiger partial charge in [0.05, 0.1) is 18.8 Å². The Labute approximate surface area is 261 Å². The lowest BCUT2D eigenvalue weighted by molar-refractivity contribution is -0.139. The Morgan fingerprint density at radius 2 is 1.75 bits per heavy atom. The van der Waals surface area contributed by atoms with Gasteiger partial charge in [0.1, 0.15) is 17.9 Å². The molecular weight excluding hydrogens is 586 g/mol. The van der Waals surface area contributed by atoms with Crippen molar-refractivity contribution in [3.05, 3.63) is 64.7 Å². The molecule has 0 bridgehead atoms. The molecule has 0 radical (unpaired) electrons. The Bertz CT molecular complexity index is 1360. The van der Waals surface area contributed by atoms with E-state index in [1.54, 1.807) is 13.0 Å². The van der Waals surface area contributed by atoms with E-state index in [1.165, 1.54) is 23.3 Å². The fraction of sp³-hybridized carbons (Fsp3) is 0.629. The van der Waals surface area contributed by atoms with Crippen molar-refractivity contribution in [2.24, 2.45) is 4.99 Å². The first-order valence-corrected chi connectivity index (χ1v) is 17.4. The lowest BCUT2D eigenvalue weighted by atomic mass is 9.80. The number of halogens is 3. The standard InChI is InChI=1S/C35H49F3NO4P/c1-25-39-34(23-42-25,24-43-44(40,32(2,3)4)33(5,6)7)20-19-26-17-18-31(30(22-26)35(36,37)38)41-21-11-15-28-14-10-13-27-12-8-9-16-29(27)28/h8-9,12,16-18,22,28H,10-11,13-15,19-21,23-24H2,1-7H3. The van der Waals surface area contributed by atoms with Crippen molar-refractivity contribution in [1.82, 2.24) is 0 Å². The summed E-state index contributed by atoms with van der Waals surface area (Å²) in [6.07, 6.45) is 1.06. The summed E-state index contributed by atoms with van der Waals surface area (Å²) in [5, 5.41) is -1.19. The molecule has 5 nitrogen and oxygen atoms in total. The molecule has 0 amide bonds. The van der Waals surface area contributed by atoms with Crippen LogP contribution in [0, 0.1) is 0 Å². The average Bonchev–Trinajstić information content (AvgIpc) is 3.32. The van der Waals surface area contributed by atoms with Gasteiger partial charge in [-0.05, 0) is 79.7 Å². The number of rotatable bonds is 11. The van der Waals surface area contributed by atoms with Crippen molar-refractivity contribution < 1.29 is 31.7 Å². The molecule has 2 aliphatic rings. The van der Waals surface area contributed by atoms with Gasteiger partial charge in [0.15, 0.2) is 5.90 Å². The number of hydrogen-bond acceptors (Lipinski definition) is 5. The quantitative estimate of drug-likeness (QED) is 0.182. The van der Waals surface area contributed by atoms with Crippen LogP contribution in [-0.2, 0) is 32.8 Å². The van der Waals surface area contributed by atoms with Gasteiger partial charge in [-0.2, -0.15) is 13.2 Å². The van der Waals surface area contributed by atoms with Crippen LogP contribution in [0.1, 0.15) is 109 Å². The van der Waals surface area contributed by atoms with Crippen LogP contribution in [0.15, 0.2) is 47.5 Å². The number of alkyl halides is 3. The first kappa shape index (κ1) is 34.6. The monoisotopic (exact) mass is 635 g/mol. The number of ether oxygens (including phenoxy) is 2. The van der Waals surface area contributed by atoms with E-state index in [0.29, 0.717) is 36.6 Å². The Morgan fingerprint density at radius 1 is 1.05 bits per heavy atom. The number of benzene rings is 2. The Morgan fingerprint density at radius 3 is 2.39 bits per heavy atom. The van der Waals surface area contributed by atoms with Crippen LogP contribution in [0.25, 0.3) is 0 Å². The van der Waals surface area contributed by atoms with E-state index in [2.05, 4.69) is 24.3 Å². The maximum Gasteiger partial charge on any atom is 0.419 e. The summed E-state index contributed by atoms with van der Waals surface area (Å²) in [4.78, 5) is 4.69. The van der Waals surface area contributed by atoms with Crippen LogP contribution in [0.4, 0.5) is 13.2 Å². The highest BCUT2D eigenvalue weighted by molar-refractivity contribution is 7.62. The van der Waals surface area contributed by atoms with Crippen molar-refractivity contribution in [2.75, 3.05) is 19.8 Å². The molecule has 0 fully saturated rings. The molecule has 2 unspecified atom stereocenters. The molecule has 2 aromatic carbocycles. The maximum atomic E-state index is 14.2. The number of nitrogens with zero attached hydrogens (tertiary/aromatic N) is 1. The summed E-state index contributed by atoms with van der Waals surface area (Å²) in [6, 6.07) is 12.8. The van der Waals surface area contributed by atoms with Gasteiger partial charge in [-0.25, -0.2) is 4.99 Å². The molecule has 1 aliphatic carbocycles. The molecule has 0 N–H and O–H groups in total. The first-order valence-electron chi connectivity index (χ1n) is 15.8. The van der Waals surface area contributed by atoms with Gasteiger partial charge in [0.2, 0.25) is 7.37 Å². The smallest absolute Gasteiger partial charge is 0.419 e. The predicted octanol–water partition coefficient (Wildman–Crippen LogP) is 10.00. The van der Waals surface area contributed by atoms with Gasteiger partial charge >= 0.3 is 6.18 Å². The minimum atomic E-state index is -4.55. The van der Waals surface area contributed by atoms with E-state index in [0.717, 1.165) is 25.7 Å². The Balaban J connectivity index is 1.42. The summed E-state index contributed by atoms with van der Waals surface area (Å²) in [7, 11) is -3.16. The minimum Gasteiger partial charge on any atom is -0.493 e. The molecule has 4 rings (SSSR count). The molecule has 0 saturated carbocycles. The lowest BCUT2D eigenvalue weighted by Gasteiger charge is -2.41. The molecule has 1 aliphatic heterocycles. The molecule has 44 heavy (non-hydrogen) atoms. The number of aliphatic imine (C=N–C) groups is 1. The summed E-state index contributed by atoms with van der Waals surface area (Å²) in [6.45, 7) is 13.7. The van der Waals surface area contributed by atoms with Crippen LogP contribution in [-0.4, -0.2) is 41.6 Å². The molecule has 0 saturated heterocycles. The van der Waals surface area contributed by atoms with E-state index in [-0.39, 0.29) is 25.6 Å². The predicted molar refractivity (Wildman–Crippen MR) is 171 cm³/mol. The van der Waals surface area contributed by atoms with Crippen LogP contribution < -0.4 is 4.74 Å².